The second kappa shape index (κ2) is 12.4. The molecule has 234 valence electrons. The first-order valence-electron chi connectivity index (χ1n) is 14.1. The average molecular weight is 616 g/mol. The third kappa shape index (κ3) is 6.45. The van der Waals surface area contributed by atoms with Crippen LogP contribution in [0, 0.1) is 5.82 Å². The fourth-order valence-corrected chi connectivity index (χ4v) is 5.54. The predicted molar refractivity (Wildman–Crippen MR) is 158 cm³/mol. The fraction of sp³-hybridized carbons (Fsp3) is 0.400. The van der Waals surface area contributed by atoms with Gasteiger partial charge in [0.2, 0.25) is 11.5 Å². The number of likely N-dealkylation sites (N-methyl/N-ethyl adjacent to an activating group) is 1. The van der Waals surface area contributed by atoms with Crippen LogP contribution < -0.4 is 20.7 Å². The van der Waals surface area contributed by atoms with E-state index in [2.05, 4.69) is 25.2 Å². The van der Waals surface area contributed by atoms with Crippen molar-refractivity contribution in [2.45, 2.75) is 45.1 Å². The van der Waals surface area contributed by atoms with Crippen molar-refractivity contribution < 1.29 is 27.5 Å². The lowest BCUT2D eigenvalue weighted by Crippen LogP contribution is -2.55. The molecule has 2 aliphatic heterocycles. The number of H-pyrrole nitrogens is 1. The maximum absolute atomic E-state index is 15.8. The van der Waals surface area contributed by atoms with Gasteiger partial charge in [-0.1, -0.05) is 6.08 Å². The molecule has 0 saturated carbocycles. The summed E-state index contributed by atoms with van der Waals surface area (Å²) in [5.74, 6) is -1.16. The number of carbonyl (C=O) groups excluding carboxylic acids is 1. The lowest BCUT2D eigenvalue weighted by atomic mass is 9.97. The highest BCUT2D eigenvalue weighted by atomic mass is 19.4. The standard InChI is InChI=1S/C30H33F4N7O3/c1-17-14-41(15-18(2)39(17)3)26-10-24(31)21(20-4-6-40(7-5-20)29-36-11-19(16-42)12-37-29)8-25(26)38-28(44)22-13-35-27(43)9-23(22)30(32,33)34/h4,8-13,17-18,42H,5-7,14-16H2,1-3H3,(H,35,43)(H,38,44)/t17-,18+. The number of aromatic amines is 1. The first-order chi connectivity index (χ1) is 20.8. The first kappa shape index (κ1) is 31.1. The molecule has 0 unspecified atom stereocenters. The first-order valence-corrected chi connectivity index (χ1v) is 14.1. The number of aliphatic hydroxyl groups excluding tert-OH is 1. The monoisotopic (exact) mass is 615 g/mol. The number of carbonyl (C=O) groups is 1. The molecule has 1 saturated heterocycles. The number of alkyl halides is 3. The summed E-state index contributed by atoms with van der Waals surface area (Å²) in [6, 6.07) is 3.29. The number of halogens is 4. The van der Waals surface area contributed by atoms with E-state index in [1.54, 1.807) is 0 Å². The third-order valence-electron chi connectivity index (χ3n) is 8.22. The van der Waals surface area contributed by atoms with Gasteiger partial charge in [-0.3, -0.25) is 14.5 Å². The highest BCUT2D eigenvalue weighted by molar-refractivity contribution is 6.07. The topological polar surface area (TPSA) is 118 Å². The van der Waals surface area contributed by atoms with Gasteiger partial charge in [-0.25, -0.2) is 14.4 Å². The number of amides is 1. The van der Waals surface area contributed by atoms with Gasteiger partial charge in [-0.15, -0.1) is 0 Å². The van der Waals surface area contributed by atoms with Crippen LogP contribution in [0.3, 0.4) is 0 Å². The maximum Gasteiger partial charge on any atom is 0.417 e. The van der Waals surface area contributed by atoms with Gasteiger partial charge >= 0.3 is 6.18 Å². The molecular formula is C30H33F4N7O3. The highest BCUT2D eigenvalue weighted by Gasteiger charge is 2.36. The Balaban J connectivity index is 1.51. The number of aliphatic hydroxyl groups is 1. The van der Waals surface area contributed by atoms with Gasteiger partial charge in [0.15, 0.2) is 0 Å². The van der Waals surface area contributed by atoms with E-state index < -0.39 is 34.6 Å². The molecule has 14 heteroatoms. The van der Waals surface area contributed by atoms with Crippen molar-refractivity contribution >= 4 is 28.8 Å². The Morgan fingerprint density at radius 2 is 1.80 bits per heavy atom. The van der Waals surface area contributed by atoms with E-state index >= 15 is 4.39 Å². The molecule has 4 heterocycles. The van der Waals surface area contributed by atoms with Gasteiger partial charge in [0.25, 0.3) is 5.91 Å². The number of piperazine rings is 1. The second-order valence-corrected chi connectivity index (χ2v) is 11.2. The smallest absolute Gasteiger partial charge is 0.392 e. The van der Waals surface area contributed by atoms with E-state index in [4.69, 9.17) is 0 Å². The lowest BCUT2D eigenvalue weighted by molar-refractivity contribution is -0.138. The fourth-order valence-electron chi connectivity index (χ4n) is 5.54. The number of pyridine rings is 1. The number of hydrogen-bond donors (Lipinski definition) is 3. The number of anilines is 3. The van der Waals surface area contributed by atoms with Gasteiger partial charge in [-0.2, -0.15) is 13.2 Å². The van der Waals surface area contributed by atoms with Crippen LogP contribution in [0.4, 0.5) is 34.9 Å². The van der Waals surface area contributed by atoms with E-state index in [9.17, 15) is 27.9 Å². The summed E-state index contributed by atoms with van der Waals surface area (Å²) in [5.41, 5.74) is -1.16. The zero-order valence-electron chi connectivity index (χ0n) is 24.5. The maximum atomic E-state index is 15.8. The second-order valence-electron chi connectivity index (χ2n) is 11.2. The molecule has 0 aliphatic carbocycles. The van der Waals surface area contributed by atoms with Crippen LogP contribution in [0.25, 0.3) is 5.57 Å². The summed E-state index contributed by atoms with van der Waals surface area (Å²) < 4.78 is 57.1. The lowest BCUT2D eigenvalue weighted by Gasteiger charge is -2.44. The highest BCUT2D eigenvalue weighted by Crippen LogP contribution is 2.37. The van der Waals surface area contributed by atoms with Crippen LogP contribution in [0.15, 0.2) is 47.7 Å². The Hall–Kier alpha value is -4.30. The Morgan fingerprint density at radius 1 is 1.11 bits per heavy atom. The third-order valence-corrected chi connectivity index (χ3v) is 8.22. The molecule has 1 fully saturated rings. The van der Waals surface area contributed by atoms with Crippen LogP contribution in [0.1, 0.15) is 47.3 Å². The van der Waals surface area contributed by atoms with Crippen molar-refractivity contribution in [3.05, 3.63) is 81.3 Å². The van der Waals surface area contributed by atoms with Crippen molar-refractivity contribution in [2.75, 3.05) is 48.3 Å². The van der Waals surface area contributed by atoms with Crippen molar-refractivity contribution in [3.8, 4) is 0 Å². The summed E-state index contributed by atoms with van der Waals surface area (Å²) in [6.45, 7) is 5.69. The van der Waals surface area contributed by atoms with Gasteiger partial charge in [0.05, 0.1) is 29.1 Å². The van der Waals surface area contributed by atoms with Crippen LogP contribution in [0.2, 0.25) is 0 Å². The van der Waals surface area contributed by atoms with Gasteiger partial charge in [-0.05, 0) is 45.0 Å². The Morgan fingerprint density at radius 3 is 2.39 bits per heavy atom. The average Bonchev–Trinajstić information content (AvgIpc) is 3.00. The van der Waals surface area contributed by atoms with Gasteiger partial charge in [0, 0.05) is 74.0 Å². The number of nitrogens with zero attached hydrogens (tertiary/aromatic N) is 5. The predicted octanol–water partition coefficient (Wildman–Crippen LogP) is 3.89. The molecule has 2 aromatic heterocycles. The molecule has 2 aliphatic rings. The van der Waals surface area contributed by atoms with Crippen LogP contribution in [-0.4, -0.2) is 76.2 Å². The van der Waals surface area contributed by atoms with E-state index in [1.807, 2.05) is 36.8 Å². The number of benzene rings is 1. The molecule has 0 spiro atoms. The number of rotatable bonds is 6. The van der Waals surface area contributed by atoms with Crippen LogP contribution in [-0.2, 0) is 12.8 Å². The summed E-state index contributed by atoms with van der Waals surface area (Å²) in [7, 11) is 1.98. The minimum absolute atomic E-state index is 0.0850. The molecule has 0 radical (unpaired) electrons. The van der Waals surface area contributed by atoms with Gasteiger partial charge < -0.3 is 25.2 Å². The normalized spacial score (nSPS) is 19.6. The summed E-state index contributed by atoms with van der Waals surface area (Å²) >= 11 is 0. The zero-order chi connectivity index (χ0) is 31.8. The summed E-state index contributed by atoms with van der Waals surface area (Å²) in [6.07, 6.45) is 1.08. The molecule has 44 heavy (non-hydrogen) atoms. The molecule has 3 aromatic rings. The van der Waals surface area contributed by atoms with Crippen molar-refractivity contribution in [1.82, 2.24) is 19.9 Å². The van der Waals surface area contributed by atoms with E-state index in [-0.39, 0.29) is 29.9 Å². The molecular weight excluding hydrogens is 582 g/mol. The zero-order valence-corrected chi connectivity index (χ0v) is 24.5. The number of nitrogens with one attached hydrogen (secondary N) is 2. The molecule has 5 rings (SSSR count). The minimum atomic E-state index is -4.94. The molecule has 0 bridgehead atoms. The largest absolute Gasteiger partial charge is 0.417 e. The van der Waals surface area contributed by atoms with Crippen molar-refractivity contribution in [3.63, 3.8) is 0 Å². The minimum Gasteiger partial charge on any atom is -0.392 e. The quantitative estimate of drug-likeness (QED) is 0.358. The van der Waals surface area contributed by atoms with Crippen LogP contribution in [0.5, 0.6) is 0 Å². The van der Waals surface area contributed by atoms with Crippen molar-refractivity contribution in [2.24, 2.45) is 0 Å². The SMILES string of the molecule is C[C@@H]1CN(c2cc(F)c(C3=CCN(c4ncc(CO)cn4)CC3)cc2NC(=O)c2c[nH]c(=O)cc2C(F)(F)F)C[C@H](C)N1C. The summed E-state index contributed by atoms with van der Waals surface area (Å²) in [4.78, 5) is 41.6. The Bertz CT molecular complexity index is 1610. The van der Waals surface area contributed by atoms with E-state index in [1.165, 1.54) is 24.5 Å². The molecule has 3 N–H and O–H groups in total. The Kier molecular flexibility index (Phi) is 8.75. The van der Waals surface area contributed by atoms with Crippen molar-refractivity contribution in [1.29, 1.82) is 0 Å². The molecule has 10 nitrogen and oxygen atoms in total. The van der Waals surface area contributed by atoms with Gasteiger partial charge in [0.1, 0.15) is 5.82 Å². The number of hydrogen-bond acceptors (Lipinski definition) is 8. The van der Waals surface area contributed by atoms with E-state index in [0.717, 1.165) is 6.20 Å². The molecule has 1 amide bonds. The van der Waals surface area contributed by atoms with E-state index in [0.29, 0.717) is 61.4 Å². The summed E-state index contributed by atoms with van der Waals surface area (Å²) in [5, 5.41) is 11.8. The molecule has 1 aromatic carbocycles. The molecule has 2 atom stereocenters. The van der Waals surface area contributed by atoms with Crippen LogP contribution >= 0.6 is 0 Å². The Labute approximate surface area is 251 Å². The number of aromatic nitrogens is 3.